The largest absolute Gasteiger partial charge is 0.464 e. The van der Waals surface area contributed by atoms with E-state index in [1.807, 2.05) is 6.92 Å². The molecule has 1 aromatic rings. The van der Waals surface area contributed by atoms with Gasteiger partial charge in [0.15, 0.2) is 0 Å². The molecule has 0 spiro atoms. The molecule has 0 unspecified atom stereocenters. The highest BCUT2D eigenvalue weighted by Gasteiger charge is 2.24. The summed E-state index contributed by atoms with van der Waals surface area (Å²) in [6, 6.07) is 2.09. The highest BCUT2D eigenvalue weighted by molar-refractivity contribution is 5.85. The Morgan fingerprint density at radius 1 is 1.31 bits per heavy atom. The van der Waals surface area contributed by atoms with Gasteiger partial charge in [0, 0.05) is 13.2 Å². The van der Waals surface area contributed by atoms with Crippen molar-refractivity contribution in [1.82, 2.24) is 0 Å². The Balaban J connectivity index is 0.00000128. The fourth-order valence-electron chi connectivity index (χ4n) is 2.07. The molecule has 92 valence electrons. The van der Waals surface area contributed by atoms with Crippen molar-refractivity contribution in [2.75, 3.05) is 13.2 Å². The molecule has 1 aliphatic rings. The van der Waals surface area contributed by atoms with Gasteiger partial charge >= 0.3 is 0 Å². The van der Waals surface area contributed by atoms with E-state index in [0.29, 0.717) is 5.92 Å². The molecule has 0 amide bonds. The van der Waals surface area contributed by atoms with Crippen LogP contribution in [0.5, 0.6) is 0 Å². The van der Waals surface area contributed by atoms with Gasteiger partial charge in [0.2, 0.25) is 0 Å². The first-order valence-electron chi connectivity index (χ1n) is 5.58. The van der Waals surface area contributed by atoms with Gasteiger partial charge in [-0.05, 0) is 44.2 Å². The molecule has 2 heterocycles. The maximum Gasteiger partial charge on any atom is 0.121 e. The fraction of sp³-hybridized carbons (Fsp3) is 0.667. The molecule has 0 aliphatic carbocycles. The molecule has 1 saturated heterocycles. The molecule has 1 atom stereocenters. The van der Waals surface area contributed by atoms with Crippen molar-refractivity contribution in [3.63, 3.8) is 0 Å². The molecule has 16 heavy (non-hydrogen) atoms. The van der Waals surface area contributed by atoms with E-state index in [-0.39, 0.29) is 18.4 Å². The van der Waals surface area contributed by atoms with Crippen LogP contribution < -0.4 is 5.73 Å². The minimum absolute atomic E-state index is 0. The van der Waals surface area contributed by atoms with Crippen LogP contribution in [0.4, 0.5) is 0 Å². The number of aryl methyl sites for hydroxylation is 2. The number of rotatable bonds is 2. The molecule has 1 aromatic heterocycles. The van der Waals surface area contributed by atoms with Crippen LogP contribution >= 0.6 is 12.4 Å². The van der Waals surface area contributed by atoms with Crippen LogP contribution in [0.15, 0.2) is 10.5 Å². The van der Waals surface area contributed by atoms with E-state index in [9.17, 15) is 0 Å². The highest BCUT2D eigenvalue weighted by Crippen LogP contribution is 2.30. The summed E-state index contributed by atoms with van der Waals surface area (Å²) >= 11 is 0. The second kappa shape index (κ2) is 5.71. The predicted molar refractivity (Wildman–Crippen MR) is 65.9 cm³/mol. The van der Waals surface area contributed by atoms with E-state index in [1.165, 1.54) is 5.56 Å². The molecule has 0 bridgehead atoms. The zero-order chi connectivity index (χ0) is 10.8. The Morgan fingerprint density at radius 3 is 2.44 bits per heavy atom. The van der Waals surface area contributed by atoms with Gasteiger partial charge in [0.1, 0.15) is 11.5 Å². The SMILES string of the molecule is Cc1cc([C@@H](N)C2CCOCC2)oc1C.Cl. The highest BCUT2D eigenvalue weighted by atomic mass is 35.5. The van der Waals surface area contributed by atoms with Crippen molar-refractivity contribution >= 4 is 12.4 Å². The quantitative estimate of drug-likeness (QED) is 0.872. The van der Waals surface area contributed by atoms with Crippen molar-refractivity contribution < 1.29 is 9.15 Å². The van der Waals surface area contributed by atoms with Crippen LogP contribution in [0.25, 0.3) is 0 Å². The van der Waals surface area contributed by atoms with Gasteiger partial charge in [-0.1, -0.05) is 0 Å². The Morgan fingerprint density at radius 2 is 1.94 bits per heavy atom. The third-order valence-corrected chi connectivity index (χ3v) is 3.29. The van der Waals surface area contributed by atoms with Crippen LogP contribution in [0.1, 0.15) is 36.0 Å². The van der Waals surface area contributed by atoms with Crippen molar-refractivity contribution in [3.8, 4) is 0 Å². The molecule has 0 saturated carbocycles. The van der Waals surface area contributed by atoms with Gasteiger partial charge in [-0.25, -0.2) is 0 Å². The molecular formula is C12H20ClNO2. The third-order valence-electron chi connectivity index (χ3n) is 3.29. The smallest absolute Gasteiger partial charge is 0.121 e. The van der Waals surface area contributed by atoms with E-state index in [2.05, 4.69) is 13.0 Å². The van der Waals surface area contributed by atoms with Crippen LogP contribution in [0, 0.1) is 19.8 Å². The van der Waals surface area contributed by atoms with Crippen LogP contribution in [-0.2, 0) is 4.74 Å². The molecule has 2 N–H and O–H groups in total. The van der Waals surface area contributed by atoms with E-state index < -0.39 is 0 Å². The lowest BCUT2D eigenvalue weighted by molar-refractivity contribution is 0.0559. The van der Waals surface area contributed by atoms with Gasteiger partial charge in [-0.3, -0.25) is 0 Å². The van der Waals surface area contributed by atoms with Gasteiger partial charge in [-0.15, -0.1) is 12.4 Å². The van der Waals surface area contributed by atoms with Crippen LogP contribution in [0.2, 0.25) is 0 Å². The van der Waals surface area contributed by atoms with E-state index in [4.69, 9.17) is 14.9 Å². The normalized spacial score (nSPS) is 19.2. The fourth-order valence-corrected chi connectivity index (χ4v) is 2.07. The summed E-state index contributed by atoms with van der Waals surface area (Å²) in [5.74, 6) is 2.41. The minimum atomic E-state index is 0. The topological polar surface area (TPSA) is 48.4 Å². The average Bonchev–Trinajstić information content (AvgIpc) is 2.59. The van der Waals surface area contributed by atoms with Crippen molar-refractivity contribution in [3.05, 3.63) is 23.2 Å². The Bertz CT molecular complexity index is 312. The summed E-state index contributed by atoms with van der Waals surface area (Å²) in [6.07, 6.45) is 2.08. The minimum Gasteiger partial charge on any atom is -0.464 e. The Hall–Kier alpha value is -0.510. The predicted octanol–water partition coefficient (Wildman–Crippen LogP) is 2.74. The molecule has 3 nitrogen and oxygen atoms in total. The van der Waals surface area contributed by atoms with E-state index in [1.54, 1.807) is 0 Å². The maximum atomic E-state index is 6.20. The van der Waals surface area contributed by atoms with Gasteiger partial charge < -0.3 is 14.9 Å². The summed E-state index contributed by atoms with van der Waals surface area (Å²) < 4.78 is 11.0. The van der Waals surface area contributed by atoms with Gasteiger partial charge in [0.25, 0.3) is 0 Å². The number of ether oxygens (including phenoxy) is 1. The van der Waals surface area contributed by atoms with Gasteiger partial charge in [-0.2, -0.15) is 0 Å². The van der Waals surface area contributed by atoms with E-state index >= 15 is 0 Å². The van der Waals surface area contributed by atoms with Crippen molar-refractivity contribution in [1.29, 1.82) is 0 Å². The summed E-state index contributed by atoms with van der Waals surface area (Å²) in [7, 11) is 0. The lowest BCUT2D eigenvalue weighted by Crippen LogP contribution is -2.27. The average molecular weight is 246 g/mol. The second-order valence-electron chi connectivity index (χ2n) is 4.36. The number of hydrogen-bond donors (Lipinski definition) is 1. The lowest BCUT2D eigenvalue weighted by atomic mass is 9.91. The first kappa shape index (κ1) is 13.6. The molecule has 4 heteroatoms. The Labute approximate surface area is 103 Å². The summed E-state index contributed by atoms with van der Waals surface area (Å²) in [6.45, 7) is 5.70. The van der Waals surface area contributed by atoms with Gasteiger partial charge in [0.05, 0.1) is 6.04 Å². The monoisotopic (exact) mass is 245 g/mol. The summed E-state index contributed by atoms with van der Waals surface area (Å²) in [5, 5.41) is 0. The number of halogens is 1. The zero-order valence-corrected chi connectivity index (χ0v) is 10.7. The molecule has 2 rings (SSSR count). The zero-order valence-electron chi connectivity index (χ0n) is 9.86. The molecule has 0 aromatic carbocycles. The van der Waals surface area contributed by atoms with Crippen molar-refractivity contribution in [2.45, 2.75) is 32.7 Å². The first-order valence-corrected chi connectivity index (χ1v) is 5.58. The molecule has 1 fully saturated rings. The molecular weight excluding hydrogens is 226 g/mol. The summed E-state index contributed by atoms with van der Waals surface area (Å²) in [4.78, 5) is 0. The van der Waals surface area contributed by atoms with E-state index in [0.717, 1.165) is 37.6 Å². The summed E-state index contributed by atoms with van der Waals surface area (Å²) in [5.41, 5.74) is 7.39. The molecule has 1 aliphatic heterocycles. The maximum absolute atomic E-state index is 6.20. The third kappa shape index (κ3) is 2.78. The molecule has 0 radical (unpaired) electrons. The lowest BCUT2D eigenvalue weighted by Gasteiger charge is -2.26. The number of hydrogen-bond acceptors (Lipinski definition) is 3. The number of nitrogens with two attached hydrogens (primary N) is 1. The standard InChI is InChI=1S/C12H19NO2.ClH/c1-8-7-11(15-9(8)2)12(13)10-3-5-14-6-4-10;/h7,10,12H,3-6,13H2,1-2H3;1H/t12-;/m0./s1. The Kier molecular flexibility index (Phi) is 4.84. The van der Waals surface area contributed by atoms with Crippen LogP contribution in [0.3, 0.4) is 0 Å². The first-order chi connectivity index (χ1) is 7.18. The second-order valence-corrected chi connectivity index (χ2v) is 4.36. The van der Waals surface area contributed by atoms with Crippen LogP contribution in [-0.4, -0.2) is 13.2 Å². The van der Waals surface area contributed by atoms with Crippen molar-refractivity contribution in [2.24, 2.45) is 11.7 Å². The number of furan rings is 1.